The SMILES string of the molecule is COCCOC(=O)N1C(=O)C2(c3cc(C#CC4(O)CCCCCC4)ccc31)C(C(=O)N1CCN(Cc3ccc4c(c3)OCO4)CC1)C1C(=O)OC(c3ccccc3)C(c3ccccc3)N1C2c1ccccc1OCCO. The van der Waals surface area contributed by atoms with Crippen molar-refractivity contribution < 1.29 is 57.8 Å². The largest absolute Gasteiger partial charge is 0.491 e. The number of morpholine rings is 1. The van der Waals surface area contributed by atoms with Gasteiger partial charge in [0.1, 0.15) is 42.1 Å². The summed E-state index contributed by atoms with van der Waals surface area (Å²) in [5.74, 6) is 4.59. The molecule has 6 aliphatic rings. The van der Waals surface area contributed by atoms with Crippen LogP contribution in [0.1, 0.15) is 90.1 Å². The second-order valence-corrected chi connectivity index (χ2v) is 20.3. The number of hydrogen-bond donors (Lipinski definition) is 2. The zero-order valence-electron chi connectivity index (χ0n) is 42.5. The number of aliphatic hydroxyl groups is 2. The molecule has 3 saturated heterocycles. The van der Waals surface area contributed by atoms with Crippen LogP contribution in [0.3, 0.4) is 0 Å². The van der Waals surface area contributed by atoms with Crippen molar-refractivity contribution in [1.82, 2.24) is 14.7 Å². The molecular formula is C60H62N4O12. The minimum absolute atomic E-state index is 0.0461. The van der Waals surface area contributed by atoms with Crippen LogP contribution < -0.4 is 19.1 Å². The predicted octanol–water partition coefficient (Wildman–Crippen LogP) is 7.02. The van der Waals surface area contributed by atoms with Gasteiger partial charge < -0.3 is 43.5 Å². The smallest absolute Gasteiger partial charge is 0.421 e. The first kappa shape index (κ1) is 50.9. The molecule has 5 aromatic rings. The molecule has 11 rings (SSSR count). The Kier molecular flexibility index (Phi) is 14.6. The molecule has 3 amide bonds. The number of carbonyl (C=O) groups excluding carboxylic acids is 4. The van der Waals surface area contributed by atoms with E-state index < -0.39 is 65.0 Å². The predicted molar refractivity (Wildman–Crippen MR) is 278 cm³/mol. The van der Waals surface area contributed by atoms with Crippen molar-refractivity contribution in [3.8, 4) is 29.1 Å². The summed E-state index contributed by atoms with van der Waals surface area (Å²) in [7, 11) is 1.47. The second kappa shape index (κ2) is 21.8. The van der Waals surface area contributed by atoms with Gasteiger partial charge in [0.15, 0.2) is 11.5 Å². The Balaban J connectivity index is 1.13. The van der Waals surface area contributed by atoms with Gasteiger partial charge in [0, 0.05) is 51.0 Å². The molecule has 6 unspecified atom stereocenters. The number of rotatable bonds is 12. The van der Waals surface area contributed by atoms with E-state index in [1.54, 1.807) is 41.3 Å². The number of esters is 1. The minimum Gasteiger partial charge on any atom is -0.491 e. The number of amides is 3. The van der Waals surface area contributed by atoms with E-state index in [-0.39, 0.29) is 57.6 Å². The van der Waals surface area contributed by atoms with Crippen LogP contribution in [0.15, 0.2) is 121 Å². The summed E-state index contributed by atoms with van der Waals surface area (Å²) in [6, 6.07) is 33.5. The van der Waals surface area contributed by atoms with Gasteiger partial charge in [-0.25, -0.2) is 9.69 Å². The number of anilines is 1. The fourth-order valence-corrected chi connectivity index (χ4v) is 12.4. The number of benzene rings is 5. The van der Waals surface area contributed by atoms with Gasteiger partial charge in [0.25, 0.3) is 0 Å². The van der Waals surface area contributed by atoms with E-state index >= 15 is 14.4 Å². The van der Waals surface area contributed by atoms with Gasteiger partial charge in [-0.05, 0) is 84.3 Å². The molecule has 0 bridgehead atoms. The van der Waals surface area contributed by atoms with Crippen molar-refractivity contribution in [2.75, 3.05) is 71.4 Å². The molecule has 5 heterocycles. The van der Waals surface area contributed by atoms with Crippen molar-refractivity contribution in [1.29, 1.82) is 0 Å². The van der Waals surface area contributed by atoms with Gasteiger partial charge in [-0.2, -0.15) is 0 Å². The van der Waals surface area contributed by atoms with E-state index in [2.05, 4.69) is 16.7 Å². The number of imide groups is 1. The Morgan fingerprint density at radius 2 is 1.47 bits per heavy atom. The highest BCUT2D eigenvalue weighted by Crippen LogP contribution is 2.67. The quantitative estimate of drug-likeness (QED) is 0.0565. The third kappa shape index (κ3) is 9.34. The molecule has 4 fully saturated rings. The molecule has 0 aromatic heterocycles. The molecule has 5 aliphatic heterocycles. The lowest BCUT2D eigenvalue weighted by Crippen LogP contribution is -2.59. The minimum atomic E-state index is -2.10. The van der Waals surface area contributed by atoms with Crippen LogP contribution in [0, 0.1) is 17.8 Å². The fraction of sp³-hybridized carbons (Fsp3) is 0.400. The average molecular weight is 1030 g/mol. The molecule has 76 heavy (non-hydrogen) atoms. The summed E-state index contributed by atoms with van der Waals surface area (Å²) in [4.78, 5) is 70.8. The fourth-order valence-electron chi connectivity index (χ4n) is 12.4. The number of hydrogen-bond acceptors (Lipinski definition) is 14. The van der Waals surface area contributed by atoms with Gasteiger partial charge in [0.05, 0.1) is 36.9 Å². The van der Waals surface area contributed by atoms with Gasteiger partial charge in [-0.3, -0.25) is 24.2 Å². The van der Waals surface area contributed by atoms with Crippen molar-refractivity contribution in [3.05, 3.63) is 155 Å². The molecule has 394 valence electrons. The average Bonchev–Trinajstić information content (AvgIpc) is 3.77. The number of ether oxygens (including phenoxy) is 6. The first-order chi connectivity index (χ1) is 37.1. The van der Waals surface area contributed by atoms with E-state index in [0.717, 1.165) is 41.7 Å². The van der Waals surface area contributed by atoms with E-state index in [9.17, 15) is 15.0 Å². The number of carbonyl (C=O) groups is 4. The van der Waals surface area contributed by atoms with Crippen LogP contribution in [0.4, 0.5) is 10.5 Å². The molecule has 1 saturated carbocycles. The Hall–Kier alpha value is -7.26. The van der Waals surface area contributed by atoms with Crippen LogP contribution in [0.5, 0.6) is 17.2 Å². The number of fused-ring (bicyclic) bond motifs is 4. The second-order valence-electron chi connectivity index (χ2n) is 20.3. The number of cyclic esters (lactones) is 1. The highest BCUT2D eigenvalue weighted by molar-refractivity contribution is 6.23. The number of nitrogens with zero attached hydrogens (tertiary/aromatic N) is 4. The normalized spacial score (nSPS) is 24.8. The van der Waals surface area contributed by atoms with E-state index in [1.807, 2.05) is 89.8 Å². The monoisotopic (exact) mass is 1030 g/mol. The maximum absolute atomic E-state index is 16.8. The number of aliphatic hydroxyl groups excluding tert-OH is 1. The highest BCUT2D eigenvalue weighted by atomic mass is 16.7. The van der Waals surface area contributed by atoms with E-state index in [0.29, 0.717) is 66.4 Å². The molecule has 0 radical (unpaired) electrons. The standard InChI is InChI=1S/C60H62N4O12/c1-71-34-35-73-58(69)63-46-22-20-40(24-27-59(70)25-12-2-3-13-26-59)36-45(46)60(57(63)68)50(55(66)62-30-28-61(29-31-62)38-41-21-23-48-49(37-41)75-39-74-48)52-56(67)76-53(43-16-8-5-9-17-43)51(42-14-6-4-7-15-42)64(52)54(60)44-18-10-11-19-47(44)72-33-32-65/h4-11,14-23,36-37,50-54,65,70H,2-3,12-13,25-26,28-35,38-39H2,1H3. The van der Waals surface area contributed by atoms with Gasteiger partial charge in [0.2, 0.25) is 18.6 Å². The van der Waals surface area contributed by atoms with E-state index in [1.165, 1.54) is 7.11 Å². The first-order valence-electron chi connectivity index (χ1n) is 26.3. The summed E-state index contributed by atoms with van der Waals surface area (Å²) >= 11 is 0. The van der Waals surface area contributed by atoms with Crippen LogP contribution >= 0.6 is 0 Å². The lowest BCUT2D eigenvalue weighted by molar-refractivity contribution is -0.179. The lowest BCUT2D eigenvalue weighted by Gasteiger charge is -2.46. The van der Waals surface area contributed by atoms with Crippen LogP contribution in [-0.2, 0) is 40.6 Å². The van der Waals surface area contributed by atoms with Crippen LogP contribution in [0.25, 0.3) is 0 Å². The maximum Gasteiger partial charge on any atom is 0.421 e. The topological polar surface area (TPSA) is 177 Å². The summed E-state index contributed by atoms with van der Waals surface area (Å²) < 4.78 is 35.4. The van der Waals surface area contributed by atoms with Crippen molar-refractivity contribution in [2.24, 2.45) is 5.92 Å². The molecule has 1 spiro atoms. The molecule has 2 N–H and O–H groups in total. The molecule has 16 nitrogen and oxygen atoms in total. The number of para-hydroxylation sites is 1. The van der Waals surface area contributed by atoms with Crippen LogP contribution in [0.2, 0.25) is 0 Å². The van der Waals surface area contributed by atoms with Crippen LogP contribution in [-0.4, -0.2) is 127 Å². The lowest BCUT2D eigenvalue weighted by atomic mass is 9.64. The molecular weight excluding hydrogens is 969 g/mol. The Morgan fingerprint density at radius 3 is 2.21 bits per heavy atom. The summed E-state index contributed by atoms with van der Waals surface area (Å²) in [5.41, 5.74) is 0.379. The third-order valence-corrected chi connectivity index (χ3v) is 15.9. The third-order valence-electron chi connectivity index (χ3n) is 15.9. The molecule has 1 aliphatic carbocycles. The first-order valence-corrected chi connectivity index (χ1v) is 26.3. The maximum atomic E-state index is 16.8. The van der Waals surface area contributed by atoms with Crippen molar-refractivity contribution in [3.63, 3.8) is 0 Å². The number of piperazine rings is 1. The van der Waals surface area contributed by atoms with Gasteiger partial charge in [-0.1, -0.05) is 110 Å². The number of methoxy groups -OCH3 is 1. The Bertz CT molecular complexity index is 3020. The summed E-state index contributed by atoms with van der Waals surface area (Å²) in [5, 5.41) is 22.0. The van der Waals surface area contributed by atoms with E-state index in [4.69, 9.17) is 28.4 Å². The van der Waals surface area contributed by atoms with Crippen molar-refractivity contribution in [2.45, 2.75) is 80.3 Å². The molecule has 6 atom stereocenters. The molecule has 16 heteroatoms. The Labute approximate surface area is 442 Å². The Morgan fingerprint density at radius 1 is 0.763 bits per heavy atom. The van der Waals surface area contributed by atoms with Gasteiger partial charge in [-0.15, -0.1) is 0 Å². The zero-order chi connectivity index (χ0) is 52.4. The van der Waals surface area contributed by atoms with Crippen molar-refractivity contribution >= 4 is 29.6 Å². The van der Waals surface area contributed by atoms with Gasteiger partial charge >= 0.3 is 12.1 Å². The summed E-state index contributed by atoms with van der Waals surface area (Å²) in [6.07, 6.45) is 2.70. The summed E-state index contributed by atoms with van der Waals surface area (Å²) in [6.45, 7) is 1.60. The molecule has 5 aromatic carbocycles. The zero-order valence-corrected chi connectivity index (χ0v) is 42.5. The highest BCUT2D eigenvalue weighted by Gasteiger charge is 2.76.